The number of nitrogens with zero attached hydrogens (tertiary/aromatic N) is 2. The smallest absolute Gasteiger partial charge is 0.325 e. The Kier molecular flexibility index (Phi) is 6.25. The first-order valence-corrected chi connectivity index (χ1v) is 10.6. The van der Waals surface area contributed by atoms with Gasteiger partial charge in [0.05, 0.1) is 0 Å². The zero-order valence-corrected chi connectivity index (χ0v) is 17.6. The van der Waals surface area contributed by atoms with Gasteiger partial charge in [0.1, 0.15) is 12.1 Å². The van der Waals surface area contributed by atoms with E-state index >= 15 is 0 Å². The number of hydrogen-bond acceptors (Lipinski definition) is 4. The van der Waals surface area contributed by atoms with Gasteiger partial charge in [-0.15, -0.1) is 12.4 Å². The molecule has 4 fully saturated rings. The van der Waals surface area contributed by atoms with Crippen molar-refractivity contribution < 1.29 is 14.4 Å². The number of carbonyl (C=O) groups is 3. The van der Waals surface area contributed by atoms with Gasteiger partial charge >= 0.3 is 6.03 Å². The van der Waals surface area contributed by atoms with Crippen molar-refractivity contribution in [1.82, 2.24) is 20.4 Å². The predicted octanol–water partition coefficient (Wildman–Crippen LogP) is 1.90. The average Bonchev–Trinajstić information content (AvgIpc) is 3.22. The first kappa shape index (κ1) is 21.4. The summed E-state index contributed by atoms with van der Waals surface area (Å²) in [7, 11) is 0. The monoisotopic (exact) mass is 412 g/mol. The van der Waals surface area contributed by atoms with Crippen LogP contribution in [0.15, 0.2) is 0 Å². The fraction of sp³-hybridized carbons (Fsp3) is 0.850. The molecule has 1 aliphatic carbocycles. The molecule has 4 amide bonds. The minimum absolute atomic E-state index is 0. The lowest BCUT2D eigenvalue weighted by atomic mass is 9.75. The number of rotatable bonds is 3. The molecule has 4 rings (SSSR count). The Labute approximate surface area is 173 Å². The highest BCUT2D eigenvalue weighted by Crippen LogP contribution is 2.38. The molecule has 2 N–H and O–H groups in total. The van der Waals surface area contributed by atoms with E-state index in [0.717, 1.165) is 63.2 Å². The number of amides is 4. The first-order valence-electron chi connectivity index (χ1n) is 10.6. The Hall–Kier alpha value is -1.34. The number of urea groups is 1. The second-order valence-electron chi connectivity index (χ2n) is 9.06. The summed E-state index contributed by atoms with van der Waals surface area (Å²) in [6.07, 6.45) is 7.64. The lowest BCUT2D eigenvalue weighted by Crippen LogP contribution is -2.51. The maximum absolute atomic E-state index is 13.0. The second-order valence-corrected chi connectivity index (χ2v) is 9.06. The molecule has 2 spiro atoms. The number of likely N-dealkylation sites (tertiary alicyclic amines) is 1. The summed E-state index contributed by atoms with van der Waals surface area (Å²) in [6, 6.07) is -0.392. The van der Waals surface area contributed by atoms with Gasteiger partial charge in [-0.2, -0.15) is 0 Å². The van der Waals surface area contributed by atoms with E-state index in [9.17, 15) is 14.4 Å². The van der Waals surface area contributed by atoms with Crippen LogP contribution in [0.2, 0.25) is 0 Å². The third-order valence-electron chi connectivity index (χ3n) is 7.58. The number of carbonyl (C=O) groups excluding carboxylic acids is 3. The summed E-state index contributed by atoms with van der Waals surface area (Å²) in [5, 5.41) is 6.35. The van der Waals surface area contributed by atoms with Gasteiger partial charge in [0, 0.05) is 19.6 Å². The molecule has 7 nitrogen and oxygen atoms in total. The highest BCUT2D eigenvalue weighted by Gasteiger charge is 2.53. The van der Waals surface area contributed by atoms with Gasteiger partial charge in [0.25, 0.3) is 5.91 Å². The molecular weight excluding hydrogens is 380 g/mol. The molecule has 0 aromatic heterocycles. The summed E-state index contributed by atoms with van der Waals surface area (Å²) in [5.41, 5.74) is -0.413. The van der Waals surface area contributed by atoms with Crippen molar-refractivity contribution in [2.75, 3.05) is 32.7 Å². The third-order valence-corrected chi connectivity index (χ3v) is 7.58. The Balaban J connectivity index is 0.00000225. The van der Waals surface area contributed by atoms with E-state index in [4.69, 9.17) is 0 Å². The SMILES string of the molecule is CCC1CCC2(CC1)NC(=O)N(CC(=O)N1CCC3(CCNC3)CC1)C2=O.Cl. The Morgan fingerprint density at radius 3 is 2.36 bits per heavy atom. The standard InChI is InChI=1S/C20H32N4O3.ClH/c1-2-15-3-5-20(6-4-15)17(26)24(18(27)22-20)13-16(25)23-11-8-19(9-12-23)7-10-21-14-19;/h15,21H,2-14H2,1H3,(H,22,27);1H. The molecule has 1 saturated carbocycles. The van der Waals surface area contributed by atoms with Gasteiger partial charge in [-0.25, -0.2) is 4.79 Å². The molecular formula is C20H33ClN4O3. The molecule has 3 aliphatic heterocycles. The number of piperidine rings is 1. The van der Waals surface area contributed by atoms with Crippen LogP contribution >= 0.6 is 12.4 Å². The molecule has 3 heterocycles. The zero-order valence-electron chi connectivity index (χ0n) is 16.8. The first-order chi connectivity index (χ1) is 13.0. The molecule has 0 atom stereocenters. The van der Waals surface area contributed by atoms with Crippen LogP contribution in [-0.2, 0) is 9.59 Å². The van der Waals surface area contributed by atoms with Crippen molar-refractivity contribution >= 4 is 30.3 Å². The fourth-order valence-corrected chi connectivity index (χ4v) is 5.43. The van der Waals surface area contributed by atoms with Crippen molar-refractivity contribution in [3.63, 3.8) is 0 Å². The van der Waals surface area contributed by atoms with Gasteiger partial charge in [-0.05, 0) is 62.8 Å². The van der Waals surface area contributed by atoms with Crippen LogP contribution in [0.5, 0.6) is 0 Å². The van der Waals surface area contributed by atoms with Crippen LogP contribution in [0.1, 0.15) is 58.3 Å². The molecule has 4 aliphatic rings. The Morgan fingerprint density at radius 1 is 1.11 bits per heavy atom. The van der Waals surface area contributed by atoms with Crippen LogP contribution < -0.4 is 10.6 Å². The quantitative estimate of drug-likeness (QED) is 0.693. The average molecular weight is 413 g/mol. The highest BCUT2D eigenvalue weighted by atomic mass is 35.5. The third kappa shape index (κ3) is 3.75. The number of hydrogen-bond donors (Lipinski definition) is 2. The van der Waals surface area contributed by atoms with E-state index in [2.05, 4.69) is 17.6 Å². The molecule has 28 heavy (non-hydrogen) atoms. The summed E-state index contributed by atoms with van der Waals surface area (Å²) in [4.78, 5) is 41.2. The van der Waals surface area contributed by atoms with Crippen LogP contribution in [0.25, 0.3) is 0 Å². The molecule has 3 saturated heterocycles. The van der Waals surface area contributed by atoms with Crippen molar-refractivity contribution in [3.05, 3.63) is 0 Å². The predicted molar refractivity (Wildman–Crippen MR) is 108 cm³/mol. The van der Waals surface area contributed by atoms with Gasteiger partial charge in [0.2, 0.25) is 5.91 Å². The van der Waals surface area contributed by atoms with E-state index in [1.165, 1.54) is 6.42 Å². The van der Waals surface area contributed by atoms with Crippen LogP contribution in [-0.4, -0.2) is 65.9 Å². The summed E-state index contributed by atoms with van der Waals surface area (Å²) in [6.45, 7) is 5.63. The summed E-state index contributed by atoms with van der Waals surface area (Å²) < 4.78 is 0. The van der Waals surface area contributed by atoms with Gasteiger partial charge in [-0.3, -0.25) is 14.5 Å². The van der Waals surface area contributed by atoms with Crippen molar-refractivity contribution in [2.45, 2.75) is 63.8 Å². The molecule has 0 bridgehead atoms. The number of nitrogens with one attached hydrogen (secondary N) is 2. The largest absolute Gasteiger partial charge is 0.341 e. The van der Waals surface area contributed by atoms with Gasteiger partial charge in [0.15, 0.2) is 0 Å². The van der Waals surface area contributed by atoms with E-state index in [0.29, 0.717) is 24.2 Å². The normalized spacial score (nSPS) is 32.0. The molecule has 8 heteroatoms. The van der Waals surface area contributed by atoms with E-state index in [-0.39, 0.29) is 30.8 Å². The molecule has 158 valence electrons. The van der Waals surface area contributed by atoms with E-state index in [1.807, 2.05) is 4.90 Å². The van der Waals surface area contributed by atoms with Crippen molar-refractivity contribution in [3.8, 4) is 0 Å². The molecule has 0 radical (unpaired) electrons. The minimum atomic E-state index is -0.759. The molecule has 0 aromatic rings. The lowest BCUT2D eigenvalue weighted by Gasteiger charge is -2.39. The Morgan fingerprint density at radius 2 is 1.79 bits per heavy atom. The topological polar surface area (TPSA) is 81.8 Å². The maximum Gasteiger partial charge on any atom is 0.325 e. The van der Waals surface area contributed by atoms with Gasteiger partial charge < -0.3 is 15.5 Å². The van der Waals surface area contributed by atoms with E-state index < -0.39 is 11.6 Å². The molecule has 0 unspecified atom stereocenters. The number of imide groups is 1. The summed E-state index contributed by atoms with van der Waals surface area (Å²) in [5.74, 6) is 0.351. The fourth-order valence-electron chi connectivity index (χ4n) is 5.43. The Bertz CT molecular complexity index is 617. The number of halogens is 1. The van der Waals surface area contributed by atoms with Crippen LogP contribution in [0, 0.1) is 11.3 Å². The van der Waals surface area contributed by atoms with Crippen LogP contribution in [0.3, 0.4) is 0 Å². The van der Waals surface area contributed by atoms with Gasteiger partial charge in [-0.1, -0.05) is 13.3 Å². The molecule has 0 aromatic carbocycles. The summed E-state index contributed by atoms with van der Waals surface area (Å²) >= 11 is 0. The lowest BCUT2D eigenvalue weighted by molar-refractivity contribution is -0.140. The van der Waals surface area contributed by atoms with Crippen LogP contribution in [0.4, 0.5) is 4.79 Å². The zero-order chi connectivity index (χ0) is 19.1. The highest BCUT2D eigenvalue weighted by molar-refractivity contribution is 6.09. The van der Waals surface area contributed by atoms with E-state index in [1.54, 1.807) is 0 Å². The second kappa shape index (κ2) is 8.19. The minimum Gasteiger partial charge on any atom is -0.341 e. The van der Waals surface area contributed by atoms with Crippen molar-refractivity contribution in [2.24, 2.45) is 11.3 Å². The maximum atomic E-state index is 13.0. The van der Waals surface area contributed by atoms with Crippen molar-refractivity contribution in [1.29, 1.82) is 0 Å².